The summed E-state index contributed by atoms with van der Waals surface area (Å²) in [6, 6.07) is 9.47. The van der Waals surface area contributed by atoms with E-state index in [1.54, 1.807) is 18.1 Å². The lowest BCUT2D eigenvalue weighted by Crippen LogP contribution is -2.40. The van der Waals surface area contributed by atoms with Gasteiger partial charge in [0.05, 0.1) is 12.6 Å². The Morgan fingerprint density at radius 3 is 2.80 bits per heavy atom. The summed E-state index contributed by atoms with van der Waals surface area (Å²) in [5.74, 6) is 0.407. The van der Waals surface area contributed by atoms with Crippen molar-refractivity contribution >= 4 is 5.91 Å². The van der Waals surface area contributed by atoms with E-state index in [0.717, 1.165) is 6.42 Å². The lowest BCUT2D eigenvalue weighted by Gasteiger charge is -2.11. The van der Waals surface area contributed by atoms with Crippen molar-refractivity contribution in [2.75, 3.05) is 0 Å². The van der Waals surface area contributed by atoms with Crippen LogP contribution in [0.1, 0.15) is 17.8 Å². The number of carbonyl (C=O) groups excluding carboxylic acids is 1. The molecule has 0 bridgehead atoms. The number of hydrogen-bond donors (Lipinski definition) is 2. The molecule has 0 spiro atoms. The Hall–Kier alpha value is -2.21. The van der Waals surface area contributed by atoms with Crippen LogP contribution < -0.4 is 11.1 Å². The average Bonchev–Trinajstić information content (AvgIpc) is 2.89. The molecule has 106 valence electrons. The van der Waals surface area contributed by atoms with Crippen molar-refractivity contribution in [1.82, 2.24) is 20.1 Å². The van der Waals surface area contributed by atoms with Gasteiger partial charge in [-0.25, -0.2) is 4.98 Å². The van der Waals surface area contributed by atoms with Gasteiger partial charge in [0.15, 0.2) is 5.82 Å². The molecule has 2 rings (SSSR count). The summed E-state index contributed by atoms with van der Waals surface area (Å²) in [6.45, 7) is 0.304. The van der Waals surface area contributed by atoms with Crippen molar-refractivity contribution < 1.29 is 4.79 Å². The summed E-state index contributed by atoms with van der Waals surface area (Å²) in [6.07, 6.45) is 3.00. The molecule has 1 amide bonds. The largest absolute Gasteiger partial charge is 0.347 e. The first-order valence-corrected chi connectivity index (χ1v) is 6.57. The van der Waals surface area contributed by atoms with Crippen LogP contribution in [0.3, 0.4) is 0 Å². The van der Waals surface area contributed by atoms with E-state index in [4.69, 9.17) is 5.73 Å². The highest BCUT2D eigenvalue weighted by molar-refractivity contribution is 5.81. The maximum Gasteiger partial charge on any atom is 0.237 e. The minimum Gasteiger partial charge on any atom is -0.347 e. The first kappa shape index (κ1) is 14.2. The number of nitrogens with one attached hydrogen (secondary N) is 1. The SMILES string of the molecule is Cn1cnc(CNC(=O)C(N)CCc2ccccc2)n1. The van der Waals surface area contributed by atoms with E-state index in [-0.39, 0.29) is 5.91 Å². The number of rotatable bonds is 6. The molecule has 3 N–H and O–H groups in total. The number of nitrogens with zero attached hydrogens (tertiary/aromatic N) is 3. The van der Waals surface area contributed by atoms with E-state index in [1.807, 2.05) is 30.3 Å². The van der Waals surface area contributed by atoms with Crippen molar-refractivity contribution in [3.8, 4) is 0 Å². The predicted molar refractivity (Wildman–Crippen MR) is 75.6 cm³/mol. The summed E-state index contributed by atoms with van der Waals surface area (Å²) in [5.41, 5.74) is 7.06. The summed E-state index contributed by atoms with van der Waals surface area (Å²) < 4.78 is 1.59. The highest BCUT2D eigenvalue weighted by atomic mass is 16.2. The van der Waals surface area contributed by atoms with Gasteiger partial charge in [0, 0.05) is 7.05 Å². The Bertz CT molecular complexity index is 552. The molecule has 0 saturated carbocycles. The zero-order valence-electron chi connectivity index (χ0n) is 11.5. The first-order chi connectivity index (χ1) is 9.65. The van der Waals surface area contributed by atoms with Crippen molar-refractivity contribution in [3.63, 3.8) is 0 Å². The van der Waals surface area contributed by atoms with Crippen LogP contribution in [0.15, 0.2) is 36.7 Å². The second kappa shape index (κ2) is 6.81. The van der Waals surface area contributed by atoms with Crippen LogP contribution in [0.4, 0.5) is 0 Å². The van der Waals surface area contributed by atoms with E-state index in [2.05, 4.69) is 15.4 Å². The Kier molecular flexibility index (Phi) is 4.84. The lowest BCUT2D eigenvalue weighted by atomic mass is 10.1. The fourth-order valence-electron chi connectivity index (χ4n) is 1.86. The third-order valence-electron chi connectivity index (χ3n) is 2.99. The standard InChI is InChI=1S/C14H19N5O/c1-19-10-17-13(18-19)9-16-14(20)12(15)8-7-11-5-3-2-4-6-11/h2-6,10,12H,7-9,15H2,1H3,(H,16,20). The van der Waals surface area contributed by atoms with E-state index >= 15 is 0 Å². The van der Waals surface area contributed by atoms with Gasteiger partial charge in [-0.3, -0.25) is 9.48 Å². The van der Waals surface area contributed by atoms with Crippen LogP contribution in [0.5, 0.6) is 0 Å². The Labute approximate surface area is 118 Å². The minimum absolute atomic E-state index is 0.173. The predicted octanol–water partition coefficient (Wildman–Crippen LogP) is 0.391. The molecular weight excluding hydrogens is 254 g/mol. The number of benzene rings is 1. The molecule has 6 heteroatoms. The molecule has 1 heterocycles. The van der Waals surface area contributed by atoms with Crippen molar-refractivity contribution in [3.05, 3.63) is 48.0 Å². The molecule has 2 aromatic rings. The summed E-state index contributed by atoms with van der Waals surface area (Å²) in [5, 5.41) is 6.83. The van der Waals surface area contributed by atoms with E-state index in [1.165, 1.54) is 5.56 Å². The zero-order valence-corrected chi connectivity index (χ0v) is 11.5. The van der Waals surface area contributed by atoms with Crippen LogP contribution in [-0.4, -0.2) is 26.7 Å². The molecule has 0 aliphatic carbocycles. The van der Waals surface area contributed by atoms with Crippen LogP contribution in [0.25, 0.3) is 0 Å². The molecule has 0 saturated heterocycles. The Morgan fingerprint density at radius 1 is 1.40 bits per heavy atom. The number of aromatic nitrogens is 3. The fraction of sp³-hybridized carbons (Fsp3) is 0.357. The highest BCUT2D eigenvalue weighted by Crippen LogP contribution is 2.04. The van der Waals surface area contributed by atoms with Crippen LogP contribution in [-0.2, 0) is 24.8 Å². The van der Waals surface area contributed by atoms with Gasteiger partial charge in [0.1, 0.15) is 6.33 Å². The molecule has 0 aliphatic rings. The van der Waals surface area contributed by atoms with Crippen LogP contribution in [0.2, 0.25) is 0 Å². The second-order valence-electron chi connectivity index (χ2n) is 4.68. The molecule has 1 aromatic carbocycles. The first-order valence-electron chi connectivity index (χ1n) is 6.57. The Balaban J connectivity index is 1.74. The Morgan fingerprint density at radius 2 is 2.15 bits per heavy atom. The van der Waals surface area contributed by atoms with E-state index in [0.29, 0.717) is 18.8 Å². The number of aryl methyl sites for hydroxylation is 2. The topological polar surface area (TPSA) is 85.8 Å². The maximum absolute atomic E-state index is 11.8. The van der Waals surface area contributed by atoms with Crippen molar-refractivity contribution in [2.45, 2.75) is 25.4 Å². The molecule has 6 nitrogen and oxygen atoms in total. The highest BCUT2D eigenvalue weighted by Gasteiger charge is 2.13. The third-order valence-corrected chi connectivity index (χ3v) is 2.99. The van der Waals surface area contributed by atoms with Gasteiger partial charge < -0.3 is 11.1 Å². The van der Waals surface area contributed by atoms with Crippen molar-refractivity contribution in [2.24, 2.45) is 12.8 Å². The number of nitrogens with two attached hydrogens (primary N) is 1. The van der Waals surface area contributed by atoms with E-state index < -0.39 is 6.04 Å². The second-order valence-corrected chi connectivity index (χ2v) is 4.68. The quantitative estimate of drug-likeness (QED) is 0.797. The maximum atomic E-state index is 11.8. The van der Waals surface area contributed by atoms with Gasteiger partial charge in [0.2, 0.25) is 5.91 Å². The molecule has 1 unspecified atom stereocenters. The molecule has 0 aliphatic heterocycles. The van der Waals surface area contributed by atoms with Crippen LogP contribution >= 0.6 is 0 Å². The molecule has 0 radical (unpaired) electrons. The smallest absolute Gasteiger partial charge is 0.237 e. The van der Waals surface area contributed by atoms with Crippen molar-refractivity contribution in [1.29, 1.82) is 0 Å². The molecule has 1 aromatic heterocycles. The molecular formula is C14H19N5O. The summed E-state index contributed by atoms with van der Waals surface area (Å²) >= 11 is 0. The number of hydrogen-bond acceptors (Lipinski definition) is 4. The average molecular weight is 273 g/mol. The van der Waals surface area contributed by atoms with Gasteiger partial charge in [-0.2, -0.15) is 5.10 Å². The normalized spacial score (nSPS) is 12.1. The third kappa shape index (κ3) is 4.17. The number of amides is 1. The van der Waals surface area contributed by atoms with Gasteiger partial charge in [-0.15, -0.1) is 0 Å². The monoisotopic (exact) mass is 273 g/mol. The number of carbonyl (C=O) groups is 1. The minimum atomic E-state index is -0.515. The van der Waals surface area contributed by atoms with Gasteiger partial charge in [0.25, 0.3) is 0 Å². The van der Waals surface area contributed by atoms with Gasteiger partial charge >= 0.3 is 0 Å². The lowest BCUT2D eigenvalue weighted by molar-refractivity contribution is -0.122. The van der Waals surface area contributed by atoms with E-state index in [9.17, 15) is 4.79 Å². The van der Waals surface area contributed by atoms with Gasteiger partial charge in [-0.05, 0) is 18.4 Å². The molecule has 0 fully saturated rings. The summed E-state index contributed by atoms with van der Waals surface area (Å²) in [7, 11) is 1.78. The van der Waals surface area contributed by atoms with Gasteiger partial charge in [-0.1, -0.05) is 30.3 Å². The zero-order chi connectivity index (χ0) is 14.4. The van der Waals surface area contributed by atoms with Crippen LogP contribution in [0, 0.1) is 0 Å². The fourth-order valence-corrected chi connectivity index (χ4v) is 1.86. The molecule has 20 heavy (non-hydrogen) atoms. The summed E-state index contributed by atoms with van der Waals surface area (Å²) in [4.78, 5) is 15.9. The molecule has 1 atom stereocenters.